The van der Waals surface area contributed by atoms with E-state index >= 15 is 0 Å². The van der Waals surface area contributed by atoms with E-state index in [1.54, 1.807) is 21.1 Å². The van der Waals surface area contributed by atoms with E-state index in [1.807, 2.05) is 0 Å². The van der Waals surface area contributed by atoms with Crippen molar-refractivity contribution in [2.75, 3.05) is 0 Å². The van der Waals surface area contributed by atoms with E-state index in [0.29, 0.717) is 23.3 Å². The van der Waals surface area contributed by atoms with Crippen LogP contribution in [0.1, 0.15) is 102 Å². The molecule has 0 bridgehead atoms. The number of rotatable bonds is 10. The average molecular weight is 507 g/mol. The quantitative estimate of drug-likeness (QED) is 0.191. The Morgan fingerprint density at radius 2 is 1.08 bits per heavy atom. The van der Waals surface area contributed by atoms with Gasteiger partial charge in [0.1, 0.15) is 0 Å². The highest BCUT2D eigenvalue weighted by Gasteiger charge is 2.47. The zero-order chi connectivity index (χ0) is 26.6. The fourth-order valence-corrected chi connectivity index (χ4v) is 11.6. The largest absolute Gasteiger partial charge is 0.159 e. The molecule has 1 atom stereocenters. The van der Waals surface area contributed by atoms with Crippen LogP contribution < -0.4 is 15.6 Å². The van der Waals surface area contributed by atoms with Crippen LogP contribution in [0.4, 0.5) is 0 Å². The molecule has 0 N–H and O–H groups in total. The normalized spacial score (nSPS) is 15.7. The fraction of sp³-hybridized carbons (Fsp3) is 0.389. The predicted molar refractivity (Wildman–Crippen MR) is 167 cm³/mol. The number of hydrogen-bond acceptors (Lipinski definition) is 0. The first-order valence-electron chi connectivity index (χ1n) is 14.5. The van der Waals surface area contributed by atoms with Crippen LogP contribution >= 0.6 is 0 Å². The molecule has 1 heteroatoms. The van der Waals surface area contributed by atoms with Crippen LogP contribution in [0.2, 0.25) is 5.54 Å². The highest BCUT2D eigenvalue weighted by molar-refractivity contribution is 7.13. The minimum absolute atomic E-state index is 0.422. The molecule has 37 heavy (non-hydrogen) atoms. The van der Waals surface area contributed by atoms with Gasteiger partial charge in [-0.25, -0.2) is 0 Å². The predicted octanol–water partition coefficient (Wildman–Crippen LogP) is 8.58. The first-order valence-corrected chi connectivity index (χ1v) is 16.5. The zero-order valence-corrected chi connectivity index (χ0v) is 25.1. The topological polar surface area (TPSA) is 0 Å². The van der Waals surface area contributed by atoms with Gasteiger partial charge in [-0.1, -0.05) is 151 Å². The summed E-state index contributed by atoms with van der Waals surface area (Å²) in [5.74, 6) is 1.51. The molecule has 0 saturated carbocycles. The van der Waals surface area contributed by atoms with Crippen molar-refractivity contribution in [3.63, 3.8) is 0 Å². The van der Waals surface area contributed by atoms with Crippen LogP contribution in [-0.4, -0.2) is 8.07 Å². The highest BCUT2D eigenvalue weighted by Crippen LogP contribution is 2.38. The van der Waals surface area contributed by atoms with Crippen molar-refractivity contribution in [1.82, 2.24) is 0 Å². The summed E-state index contributed by atoms with van der Waals surface area (Å²) in [5.41, 5.74) is 6.36. The molecular formula is C36H46Si. The number of hydrogen-bond donors (Lipinski definition) is 0. The summed E-state index contributed by atoms with van der Waals surface area (Å²) in [6.45, 7) is 16.2. The monoisotopic (exact) mass is 506 g/mol. The lowest BCUT2D eigenvalue weighted by atomic mass is 10.0. The summed E-state index contributed by atoms with van der Waals surface area (Å²) in [6, 6.07) is 28.9. The van der Waals surface area contributed by atoms with Gasteiger partial charge in [0, 0.05) is 5.54 Å². The van der Waals surface area contributed by atoms with Crippen molar-refractivity contribution < 1.29 is 0 Å². The lowest BCUT2D eigenvalue weighted by Crippen LogP contribution is -2.70. The van der Waals surface area contributed by atoms with Crippen LogP contribution in [0, 0.1) is 0 Å². The van der Waals surface area contributed by atoms with Gasteiger partial charge < -0.3 is 0 Å². The van der Waals surface area contributed by atoms with Crippen LogP contribution in [0.3, 0.4) is 0 Å². The van der Waals surface area contributed by atoms with Crippen molar-refractivity contribution in [1.29, 1.82) is 0 Å². The van der Waals surface area contributed by atoms with Gasteiger partial charge >= 0.3 is 0 Å². The smallest absolute Gasteiger partial charge is 0.0790 e. The summed E-state index contributed by atoms with van der Waals surface area (Å²) in [5, 5.41) is 4.62. The molecule has 0 radical (unpaired) electrons. The Kier molecular flexibility index (Phi) is 8.75. The maximum absolute atomic E-state index is 2.56. The van der Waals surface area contributed by atoms with E-state index in [4.69, 9.17) is 0 Å². The van der Waals surface area contributed by atoms with Gasteiger partial charge in [0.25, 0.3) is 0 Å². The minimum Gasteiger partial charge on any atom is -0.0790 e. The molecule has 194 valence electrons. The zero-order valence-electron chi connectivity index (χ0n) is 24.1. The molecule has 0 spiro atoms. The third-order valence-corrected chi connectivity index (χ3v) is 13.5. The van der Waals surface area contributed by atoms with Crippen LogP contribution in [0.15, 0.2) is 96.6 Å². The first-order chi connectivity index (χ1) is 17.8. The van der Waals surface area contributed by atoms with E-state index in [9.17, 15) is 0 Å². The molecule has 3 aromatic carbocycles. The van der Waals surface area contributed by atoms with E-state index in [0.717, 1.165) is 0 Å². The maximum atomic E-state index is 2.56. The van der Waals surface area contributed by atoms with Crippen molar-refractivity contribution in [3.05, 3.63) is 113 Å². The molecular weight excluding hydrogens is 460 g/mol. The Balaban J connectivity index is 2.11. The van der Waals surface area contributed by atoms with Gasteiger partial charge in [-0.3, -0.25) is 0 Å². The summed E-state index contributed by atoms with van der Waals surface area (Å²) >= 11 is 0. The van der Waals surface area contributed by atoms with Gasteiger partial charge in [-0.2, -0.15) is 0 Å². The van der Waals surface area contributed by atoms with Gasteiger partial charge in [0.15, 0.2) is 8.07 Å². The second-order valence-corrected chi connectivity index (χ2v) is 15.8. The van der Waals surface area contributed by atoms with Crippen LogP contribution in [0.25, 0.3) is 0 Å². The first kappa shape index (κ1) is 27.4. The van der Waals surface area contributed by atoms with Gasteiger partial charge in [-0.15, -0.1) is 0 Å². The molecule has 0 aromatic heterocycles. The molecule has 0 amide bonds. The Hall–Kier alpha value is -2.64. The molecule has 1 aliphatic rings. The van der Waals surface area contributed by atoms with E-state index in [2.05, 4.69) is 139 Å². The van der Waals surface area contributed by atoms with E-state index in [1.165, 1.54) is 36.0 Å². The second-order valence-electron chi connectivity index (χ2n) is 11.9. The Bertz CT molecular complexity index is 1130. The summed E-state index contributed by atoms with van der Waals surface area (Å²) in [4.78, 5) is 0. The molecule has 0 saturated heterocycles. The summed E-state index contributed by atoms with van der Waals surface area (Å²) in [6.07, 6.45) is 11.0. The van der Waals surface area contributed by atoms with Crippen LogP contribution in [0.5, 0.6) is 0 Å². The molecule has 3 aromatic rings. The third-order valence-electron chi connectivity index (χ3n) is 8.32. The number of benzene rings is 3. The minimum atomic E-state index is -2.49. The average Bonchev–Trinajstić information content (AvgIpc) is 3.37. The molecule has 0 fully saturated rings. The van der Waals surface area contributed by atoms with E-state index in [-0.39, 0.29) is 0 Å². The lowest BCUT2D eigenvalue weighted by Gasteiger charge is -2.41. The molecule has 1 aliphatic carbocycles. The summed E-state index contributed by atoms with van der Waals surface area (Å²) in [7, 11) is -2.49. The fourth-order valence-electron chi connectivity index (χ4n) is 6.03. The highest BCUT2D eigenvalue weighted by atomic mass is 28.3. The molecule has 4 rings (SSSR count). The van der Waals surface area contributed by atoms with Crippen molar-refractivity contribution in [3.8, 4) is 0 Å². The van der Waals surface area contributed by atoms with Crippen LogP contribution in [-0.2, 0) is 0 Å². The van der Waals surface area contributed by atoms with Gasteiger partial charge in [0.05, 0.1) is 0 Å². The second kappa shape index (κ2) is 11.8. The Morgan fingerprint density at radius 3 is 1.46 bits per heavy atom. The molecule has 0 heterocycles. The van der Waals surface area contributed by atoms with E-state index < -0.39 is 8.07 Å². The summed E-state index contributed by atoms with van der Waals surface area (Å²) < 4.78 is 0. The molecule has 0 aliphatic heterocycles. The van der Waals surface area contributed by atoms with Gasteiger partial charge in [0.2, 0.25) is 0 Å². The Morgan fingerprint density at radius 1 is 0.649 bits per heavy atom. The van der Waals surface area contributed by atoms with Gasteiger partial charge in [-0.05, 0) is 62.8 Å². The maximum Gasteiger partial charge on any atom is 0.159 e. The molecule has 0 nitrogen and oxygen atoms in total. The van der Waals surface area contributed by atoms with Crippen molar-refractivity contribution in [2.45, 2.75) is 91.0 Å². The van der Waals surface area contributed by atoms with Crippen molar-refractivity contribution in [2.24, 2.45) is 0 Å². The standard InChI is InChI=1S/C36H46Si/c1-8-9-14-29-15-13-22-36(29)37(33-19-10-16-30(23-33)26(2)3,34-20-11-17-31(24-34)27(4)5)35-21-12-18-32(25-35)28(6)7/h10-13,15-28,36H,8-9,14H2,1-7H3. The third kappa shape index (κ3) is 5.48. The SMILES string of the molecule is CCCCC1=CC=CC1[Si](c1cccc(C(C)C)c1)(c1cccc(C(C)C)c1)c1cccc(C(C)C)c1. The number of unbranched alkanes of at least 4 members (excludes halogenated alkanes) is 1. The van der Waals surface area contributed by atoms with Crippen molar-refractivity contribution >= 4 is 23.6 Å². The lowest BCUT2D eigenvalue weighted by molar-refractivity contribution is 0.776. The Labute approximate surface area is 227 Å². The number of allylic oxidation sites excluding steroid dienone is 4. The molecule has 1 unspecified atom stereocenters.